The number of unbranched alkanes of at least 4 members (excludes halogenated alkanes) is 2. The van der Waals surface area contributed by atoms with E-state index in [-0.39, 0.29) is 30.6 Å². The van der Waals surface area contributed by atoms with Gasteiger partial charge in [-0.2, -0.15) is 8.42 Å². The Balaban J connectivity index is 0. The van der Waals surface area contributed by atoms with E-state index in [4.69, 9.17) is 15.2 Å². The van der Waals surface area contributed by atoms with E-state index in [1.165, 1.54) is 0 Å². The van der Waals surface area contributed by atoms with Crippen LogP contribution < -0.4 is 5.73 Å². The highest BCUT2D eigenvalue weighted by Gasteiger charge is 2.36. The molecule has 0 fully saturated rings. The SMILES string of the molecule is CC(C)(C)N.CCCCC(CC)COC(=O)CC(C(=O)OCC(CC)CCCC)S(=O)(=O)O. The molecule has 0 aliphatic carbocycles. The largest absolute Gasteiger partial charge is 0.465 e. The Bertz CT molecular complexity index is 623. The molecular formula is C24H49NO7S. The van der Waals surface area contributed by atoms with Gasteiger partial charge in [0.25, 0.3) is 10.1 Å². The maximum Gasteiger partial charge on any atom is 0.327 e. The molecule has 3 atom stereocenters. The standard InChI is InChI=1S/C20H38O7S.C4H11N/c1-5-9-11-16(7-3)14-26-19(21)13-18(28(23,24)25)20(22)27-15-17(8-4)12-10-6-2;1-4(2,3)5/h16-18H,5-15H2,1-4H3,(H,23,24,25);5H2,1-3H3. The molecule has 0 saturated carbocycles. The van der Waals surface area contributed by atoms with Gasteiger partial charge >= 0.3 is 11.9 Å². The van der Waals surface area contributed by atoms with Crippen molar-refractivity contribution in [1.82, 2.24) is 0 Å². The van der Waals surface area contributed by atoms with Gasteiger partial charge in [-0.15, -0.1) is 0 Å². The Labute approximate surface area is 202 Å². The number of hydrogen-bond donors (Lipinski definition) is 2. The number of nitrogens with two attached hydrogens (primary N) is 1. The molecular weight excluding hydrogens is 446 g/mol. The zero-order valence-corrected chi connectivity index (χ0v) is 22.7. The summed E-state index contributed by atoms with van der Waals surface area (Å²) in [6, 6.07) is 0. The van der Waals surface area contributed by atoms with Crippen LogP contribution in [0.1, 0.15) is 106 Å². The van der Waals surface area contributed by atoms with Crippen LogP contribution in [0.15, 0.2) is 0 Å². The number of carbonyl (C=O) groups excluding carboxylic acids is 2. The van der Waals surface area contributed by atoms with E-state index >= 15 is 0 Å². The van der Waals surface area contributed by atoms with Gasteiger partial charge in [0.2, 0.25) is 0 Å². The highest BCUT2D eigenvalue weighted by molar-refractivity contribution is 7.87. The number of carbonyl (C=O) groups is 2. The average Bonchev–Trinajstić information content (AvgIpc) is 2.70. The first-order chi connectivity index (χ1) is 15.2. The van der Waals surface area contributed by atoms with Crippen molar-refractivity contribution in [2.45, 2.75) is 117 Å². The molecule has 0 spiro atoms. The fraction of sp³-hybridized carbons (Fsp3) is 0.917. The highest BCUT2D eigenvalue weighted by Crippen LogP contribution is 2.17. The third-order valence-corrected chi connectivity index (χ3v) is 6.08. The van der Waals surface area contributed by atoms with E-state index in [2.05, 4.69) is 13.8 Å². The first-order valence-electron chi connectivity index (χ1n) is 12.3. The van der Waals surface area contributed by atoms with Crippen molar-refractivity contribution >= 4 is 22.1 Å². The van der Waals surface area contributed by atoms with E-state index in [1.54, 1.807) is 0 Å². The molecule has 0 heterocycles. The minimum Gasteiger partial charge on any atom is -0.465 e. The van der Waals surface area contributed by atoms with Crippen LogP contribution in [0, 0.1) is 11.8 Å². The summed E-state index contributed by atoms with van der Waals surface area (Å²) >= 11 is 0. The quantitative estimate of drug-likeness (QED) is 0.228. The van der Waals surface area contributed by atoms with Crippen molar-refractivity contribution < 1.29 is 32.0 Å². The molecule has 198 valence electrons. The van der Waals surface area contributed by atoms with Crippen LogP contribution in [0.3, 0.4) is 0 Å². The molecule has 0 aromatic rings. The monoisotopic (exact) mass is 495 g/mol. The molecule has 3 unspecified atom stereocenters. The lowest BCUT2D eigenvalue weighted by Crippen LogP contribution is -2.35. The van der Waals surface area contributed by atoms with Crippen LogP contribution in [0.25, 0.3) is 0 Å². The Morgan fingerprint density at radius 3 is 1.61 bits per heavy atom. The average molecular weight is 496 g/mol. The Kier molecular flexibility index (Phi) is 18.7. The van der Waals surface area contributed by atoms with Gasteiger partial charge in [-0.25, -0.2) is 0 Å². The summed E-state index contributed by atoms with van der Waals surface area (Å²) in [7, 11) is -4.76. The van der Waals surface area contributed by atoms with E-state index in [0.29, 0.717) is 0 Å². The summed E-state index contributed by atoms with van der Waals surface area (Å²) in [6.45, 7) is 14.2. The fourth-order valence-electron chi connectivity index (χ4n) is 2.82. The third kappa shape index (κ3) is 21.1. The van der Waals surface area contributed by atoms with Crippen LogP contribution in [0.4, 0.5) is 0 Å². The second kappa shape index (κ2) is 18.2. The van der Waals surface area contributed by atoms with Crippen molar-refractivity contribution in [3.05, 3.63) is 0 Å². The van der Waals surface area contributed by atoms with Gasteiger partial charge in [-0.05, 0) is 45.4 Å². The maximum absolute atomic E-state index is 12.2. The smallest absolute Gasteiger partial charge is 0.327 e. The molecule has 8 nitrogen and oxygen atoms in total. The van der Waals surface area contributed by atoms with E-state index in [0.717, 1.165) is 51.4 Å². The summed E-state index contributed by atoms with van der Waals surface area (Å²) in [4.78, 5) is 24.2. The summed E-state index contributed by atoms with van der Waals surface area (Å²) in [5.74, 6) is -1.61. The third-order valence-electron chi connectivity index (χ3n) is 5.00. The van der Waals surface area contributed by atoms with E-state index < -0.39 is 33.7 Å². The minimum atomic E-state index is -4.76. The van der Waals surface area contributed by atoms with Crippen LogP contribution >= 0.6 is 0 Å². The van der Waals surface area contributed by atoms with Crippen LogP contribution in [0.2, 0.25) is 0 Å². The second-order valence-electron chi connectivity index (χ2n) is 9.72. The van der Waals surface area contributed by atoms with Crippen molar-refractivity contribution in [3.8, 4) is 0 Å². The molecule has 0 rings (SSSR count). The molecule has 0 aromatic carbocycles. The molecule has 33 heavy (non-hydrogen) atoms. The normalized spacial score (nSPS) is 14.5. The molecule has 0 saturated heterocycles. The predicted molar refractivity (Wildman–Crippen MR) is 132 cm³/mol. The lowest BCUT2D eigenvalue weighted by atomic mass is 10.0. The fourth-order valence-corrected chi connectivity index (χ4v) is 3.48. The number of rotatable bonds is 16. The van der Waals surface area contributed by atoms with Crippen molar-refractivity contribution in [2.75, 3.05) is 13.2 Å². The Morgan fingerprint density at radius 2 is 1.27 bits per heavy atom. The summed E-state index contributed by atoms with van der Waals surface area (Å²) in [6.07, 6.45) is 6.74. The van der Waals surface area contributed by atoms with Crippen molar-refractivity contribution in [1.29, 1.82) is 0 Å². The summed E-state index contributed by atoms with van der Waals surface area (Å²) in [5.41, 5.74) is 5.35. The lowest BCUT2D eigenvalue weighted by Gasteiger charge is -2.18. The van der Waals surface area contributed by atoms with Crippen LogP contribution in [-0.2, 0) is 29.2 Å². The van der Waals surface area contributed by atoms with Crippen molar-refractivity contribution in [3.63, 3.8) is 0 Å². The number of esters is 2. The maximum atomic E-state index is 12.2. The summed E-state index contributed by atoms with van der Waals surface area (Å²) in [5, 5.41) is -1.95. The first-order valence-corrected chi connectivity index (χ1v) is 13.8. The van der Waals surface area contributed by atoms with E-state index in [1.807, 2.05) is 34.6 Å². The molecule has 0 bridgehead atoms. The molecule has 0 aliphatic rings. The molecule has 0 amide bonds. The topological polar surface area (TPSA) is 133 Å². The van der Waals surface area contributed by atoms with Gasteiger partial charge in [0.1, 0.15) is 0 Å². The van der Waals surface area contributed by atoms with Gasteiger partial charge in [-0.3, -0.25) is 14.1 Å². The lowest BCUT2D eigenvalue weighted by molar-refractivity contribution is -0.151. The Morgan fingerprint density at radius 1 is 0.879 bits per heavy atom. The minimum absolute atomic E-state index is 0. The molecule has 9 heteroatoms. The number of ether oxygens (including phenoxy) is 2. The summed E-state index contributed by atoms with van der Waals surface area (Å²) < 4.78 is 42.8. The van der Waals surface area contributed by atoms with Gasteiger partial charge in [0.15, 0.2) is 5.25 Å². The van der Waals surface area contributed by atoms with Gasteiger partial charge < -0.3 is 15.2 Å². The van der Waals surface area contributed by atoms with Gasteiger partial charge in [0.05, 0.1) is 19.6 Å². The second-order valence-corrected chi connectivity index (χ2v) is 11.3. The van der Waals surface area contributed by atoms with E-state index in [9.17, 15) is 22.6 Å². The molecule has 0 aliphatic heterocycles. The zero-order valence-electron chi connectivity index (χ0n) is 21.9. The van der Waals surface area contributed by atoms with Crippen molar-refractivity contribution in [2.24, 2.45) is 17.6 Å². The first kappa shape index (κ1) is 34.0. The molecule has 3 N–H and O–H groups in total. The Hall–Kier alpha value is -1.19. The number of hydrogen-bond acceptors (Lipinski definition) is 7. The van der Waals surface area contributed by atoms with Gasteiger partial charge in [0, 0.05) is 5.54 Å². The van der Waals surface area contributed by atoms with Crippen LogP contribution in [0.5, 0.6) is 0 Å². The highest BCUT2D eigenvalue weighted by atomic mass is 32.2. The predicted octanol–water partition coefficient (Wildman–Crippen LogP) is 4.90. The molecule has 0 aromatic heterocycles. The van der Waals surface area contributed by atoms with Crippen LogP contribution in [-0.4, -0.2) is 48.9 Å². The zero-order chi connectivity index (χ0) is 26.1. The molecule has 0 radical (unpaired) electrons. The van der Waals surface area contributed by atoms with Gasteiger partial charge in [-0.1, -0.05) is 66.2 Å².